The zero-order valence-electron chi connectivity index (χ0n) is 14.1. The standard InChI is InChI=1S/C15H19ClN6O3/c1-8-10-12(21-22(8)15(2,3)13(23)24)25-6-4-5-17-11-9(16)7-18-14(19-10)20-11/h7H,4-6H2,1-3H3,(H,23,24)(H2,17,18,19,20). The van der Waals surface area contributed by atoms with Gasteiger partial charge in [0.05, 0.1) is 18.5 Å². The van der Waals surface area contributed by atoms with Crippen LogP contribution < -0.4 is 15.4 Å². The second-order valence-corrected chi connectivity index (χ2v) is 6.59. The van der Waals surface area contributed by atoms with Crippen molar-refractivity contribution < 1.29 is 14.6 Å². The van der Waals surface area contributed by atoms with Gasteiger partial charge in [-0.05, 0) is 27.2 Å². The van der Waals surface area contributed by atoms with Gasteiger partial charge < -0.3 is 20.5 Å². The Morgan fingerprint density at radius 2 is 2.24 bits per heavy atom. The zero-order chi connectivity index (χ0) is 18.2. The third-order valence-corrected chi connectivity index (χ3v) is 4.25. The number of rotatable bonds is 2. The van der Waals surface area contributed by atoms with Crippen molar-refractivity contribution >= 4 is 35.0 Å². The number of fused-ring (bicyclic) bond motifs is 3. The van der Waals surface area contributed by atoms with Crippen molar-refractivity contribution in [3.8, 4) is 5.88 Å². The van der Waals surface area contributed by atoms with E-state index in [1.807, 2.05) is 0 Å². The Hall–Kier alpha value is -2.55. The van der Waals surface area contributed by atoms with E-state index >= 15 is 0 Å². The summed E-state index contributed by atoms with van der Waals surface area (Å²) in [4.78, 5) is 20.1. The topological polar surface area (TPSA) is 114 Å². The fraction of sp³-hybridized carbons (Fsp3) is 0.467. The van der Waals surface area contributed by atoms with E-state index in [0.29, 0.717) is 53.6 Å². The van der Waals surface area contributed by atoms with Crippen LogP contribution >= 0.6 is 11.6 Å². The second-order valence-electron chi connectivity index (χ2n) is 6.19. The number of carboxylic acid groups (broad SMARTS) is 1. The lowest BCUT2D eigenvalue weighted by molar-refractivity contribution is -0.146. The van der Waals surface area contributed by atoms with Crippen LogP contribution in [0.5, 0.6) is 5.88 Å². The van der Waals surface area contributed by atoms with Crippen LogP contribution in [0.3, 0.4) is 0 Å². The van der Waals surface area contributed by atoms with Crippen LogP contribution in [0.4, 0.5) is 17.5 Å². The zero-order valence-corrected chi connectivity index (χ0v) is 14.9. The Balaban J connectivity index is 2.08. The number of carbonyl (C=O) groups is 1. The third-order valence-electron chi connectivity index (χ3n) is 3.97. The molecule has 0 unspecified atom stereocenters. The molecule has 0 saturated heterocycles. The van der Waals surface area contributed by atoms with E-state index in [-0.39, 0.29) is 0 Å². The van der Waals surface area contributed by atoms with Gasteiger partial charge in [0, 0.05) is 6.54 Å². The molecule has 0 aliphatic carbocycles. The van der Waals surface area contributed by atoms with Gasteiger partial charge in [0.25, 0.3) is 5.88 Å². The summed E-state index contributed by atoms with van der Waals surface area (Å²) >= 11 is 6.09. The van der Waals surface area contributed by atoms with Crippen molar-refractivity contribution in [3.63, 3.8) is 0 Å². The van der Waals surface area contributed by atoms with Gasteiger partial charge in [-0.15, -0.1) is 5.10 Å². The molecular weight excluding hydrogens is 348 g/mol. The average Bonchev–Trinajstić information content (AvgIpc) is 2.85. The van der Waals surface area contributed by atoms with Crippen molar-refractivity contribution in [1.82, 2.24) is 19.7 Å². The molecule has 10 heteroatoms. The van der Waals surface area contributed by atoms with Crippen LogP contribution in [-0.2, 0) is 10.3 Å². The van der Waals surface area contributed by atoms with E-state index in [2.05, 4.69) is 25.7 Å². The molecule has 3 rings (SSSR count). The largest absolute Gasteiger partial charge is 0.479 e. The number of nitrogens with zero attached hydrogens (tertiary/aromatic N) is 4. The van der Waals surface area contributed by atoms with E-state index in [0.717, 1.165) is 0 Å². The summed E-state index contributed by atoms with van der Waals surface area (Å²) in [5, 5.41) is 20.5. The highest BCUT2D eigenvalue weighted by Crippen LogP contribution is 2.34. The number of aromatic nitrogens is 4. The van der Waals surface area contributed by atoms with Crippen LogP contribution in [0.15, 0.2) is 6.20 Å². The first-order valence-corrected chi connectivity index (χ1v) is 8.18. The van der Waals surface area contributed by atoms with Crippen LogP contribution in [-0.4, -0.2) is 44.0 Å². The summed E-state index contributed by atoms with van der Waals surface area (Å²) in [5.41, 5.74) is -0.0913. The van der Waals surface area contributed by atoms with Crippen LogP contribution in [0.25, 0.3) is 0 Å². The Kier molecular flexibility index (Phi) is 4.42. The highest BCUT2D eigenvalue weighted by Gasteiger charge is 2.34. The van der Waals surface area contributed by atoms with E-state index in [4.69, 9.17) is 16.3 Å². The van der Waals surface area contributed by atoms with E-state index < -0.39 is 11.5 Å². The number of carboxylic acids is 1. The maximum Gasteiger partial charge on any atom is 0.331 e. The molecule has 0 aromatic carbocycles. The molecule has 2 aromatic heterocycles. The van der Waals surface area contributed by atoms with Crippen LogP contribution in [0, 0.1) is 6.92 Å². The Bertz CT molecular complexity index is 820. The van der Waals surface area contributed by atoms with Gasteiger partial charge in [-0.2, -0.15) is 4.98 Å². The highest BCUT2D eigenvalue weighted by molar-refractivity contribution is 6.32. The molecule has 0 radical (unpaired) electrons. The minimum atomic E-state index is -1.23. The lowest BCUT2D eigenvalue weighted by Crippen LogP contribution is -2.37. The Labute approximate surface area is 149 Å². The maximum absolute atomic E-state index is 11.6. The molecule has 0 atom stereocenters. The fourth-order valence-corrected chi connectivity index (χ4v) is 2.63. The predicted octanol–water partition coefficient (Wildman–Crippen LogP) is 2.39. The van der Waals surface area contributed by atoms with Gasteiger partial charge in [-0.25, -0.2) is 14.5 Å². The van der Waals surface area contributed by atoms with E-state index in [1.165, 1.54) is 10.9 Å². The molecule has 0 amide bonds. The number of nitrogens with one attached hydrogen (secondary N) is 2. The molecule has 3 heterocycles. The first kappa shape index (κ1) is 17.3. The van der Waals surface area contributed by atoms with Crippen molar-refractivity contribution in [2.24, 2.45) is 0 Å². The second kappa shape index (κ2) is 6.40. The predicted molar refractivity (Wildman–Crippen MR) is 92.8 cm³/mol. The van der Waals surface area contributed by atoms with Gasteiger partial charge in [0.2, 0.25) is 5.95 Å². The number of ether oxygens (including phenoxy) is 1. The Morgan fingerprint density at radius 1 is 1.48 bits per heavy atom. The van der Waals surface area contributed by atoms with Gasteiger partial charge in [0.1, 0.15) is 10.7 Å². The molecule has 3 N–H and O–H groups in total. The number of hydrogen-bond donors (Lipinski definition) is 3. The molecule has 25 heavy (non-hydrogen) atoms. The van der Waals surface area contributed by atoms with Gasteiger partial charge in [-0.3, -0.25) is 0 Å². The van der Waals surface area contributed by atoms with Crippen molar-refractivity contribution in [3.05, 3.63) is 16.9 Å². The summed E-state index contributed by atoms with van der Waals surface area (Å²) in [7, 11) is 0. The van der Waals surface area contributed by atoms with E-state index in [9.17, 15) is 9.90 Å². The molecule has 1 aliphatic heterocycles. The lowest BCUT2D eigenvalue weighted by atomic mass is 10.1. The SMILES string of the molecule is Cc1c2c(nn1C(C)(C)C(=O)O)OCCCNc1nc(ncc1Cl)N2. The molecule has 0 saturated carbocycles. The minimum absolute atomic E-state index is 0.314. The van der Waals surface area contributed by atoms with Gasteiger partial charge in [-0.1, -0.05) is 11.6 Å². The molecule has 0 spiro atoms. The summed E-state index contributed by atoms with van der Waals surface area (Å²) in [6, 6.07) is 0. The number of anilines is 3. The summed E-state index contributed by atoms with van der Waals surface area (Å²) in [6.45, 7) is 5.94. The average molecular weight is 367 g/mol. The van der Waals surface area contributed by atoms with Crippen LogP contribution in [0.2, 0.25) is 5.02 Å². The minimum Gasteiger partial charge on any atom is -0.479 e. The first-order valence-electron chi connectivity index (χ1n) is 7.80. The number of hydrogen-bond acceptors (Lipinski definition) is 7. The summed E-state index contributed by atoms with van der Waals surface area (Å²) in [6.07, 6.45) is 2.20. The highest BCUT2D eigenvalue weighted by atomic mass is 35.5. The molecule has 134 valence electrons. The first-order chi connectivity index (χ1) is 11.8. The third kappa shape index (κ3) is 3.19. The number of halogens is 1. The molecule has 9 nitrogen and oxygen atoms in total. The van der Waals surface area contributed by atoms with Crippen LogP contribution in [0.1, 0.15) is 26.0 Å². The monoisotopic (exact) mass is 366 g/mol. The number of aliphatic carboxylic acids is 1. The lowest BCUT2D eigenvalue weighted by Gasteiger charge is -2.21. The smallest absolute Gasteiger partial charge is 0.331 e. The van der Waals surface area contributed by atoms with Crippen molar-refractivity contribution in [2.75, 3.05) is 23.8 Å². The Morgan fingerprint density at radius 3 is 2.96 bits per heavy atom. The molecule has 1 aliphatic rings. The fourth-order valence-electron chi connectivity index (χ4n) is 2.47. The van der Waals surface area contributed by atoms with Gasteiger partial charge >= 0.3 is 5.97 Å². The van der Waals surface area contributed by atoms with Crippen molar-refractivity contribution in [2.45, 2.75) is 32.7 Å². The molecule has 2 bridgehead atoms. The van der Waals surface area contributed by atoms with Gasteiger partial charge in [0.15, 0.2) is 11.4 Å². The molecular formula is C15H19ClN6O3. The van der Waals surface area contributed by atoms with E-state index in [1.54, 1.807) is 20.8 Å². The molecule has 0 fully saturated rings. The van der Waals surface area contributed by atoms with Crippen molar-refractivity contribution in [1.29, 1.82) is 0 Å². The maximum atomic E-state index is 11.6. The summed E-state index contributed by atoms with van der Waals surface area (Å²) < 4.78 is 7.17. The quantitative estimate of drug-likeness (QED) is 0.742. The summed E-state index contributed by atoms with van der Waals surface area (Å²) in [5.74, 6) is 0.160. The normalized spacial score (nSPS) is 14.4. The molecule has 2 aromatic rings.